The van der Waals surface area contributed by atoms with Gasteiger partial charge in [0.15, 0.2) is 0 Å². The van der Waals surface area contributed by atoms with Gasteiger partial charge in [0.25, 0.3) is 0 Å². The Kier molecular flexibility index (Phi) is 6.11. The van der Waals surface area contributed by atoms with Crippen molar-refractivity contribution < 1.29 is 19.5 Å². The highest BCUT2D eigenvalue weighted by atomic mass is 16.4. The van der Waals surface area contributed by atoms with Crippen molar-refractivity contribution in [1.82, 2.24) is 15.5 Å². The van der Waals surface area contributed by atoms with Gasteiger partial charge in [0.05, 0.1) is 6.54 Å². The summed E-state index contributed by atoms with van der Waals surface area (Å²) in [5.74, 6) is -1.08. The lowest BCUT2D eigenvalue weighted by molar-refractivity contribution is -0.137. The summed E-state index contributed by atoms with van der Waals surface area (Å²) in [6.45, 7) is 2.90. The van der Waals surface area contributed by atoms with Crippen LogP contribution in [0.5, 0.6) is 0 Å². The molecule has 3 amide bonds. The molecule has 1 fully saturated rings. The molecule has 3 N–H and O–H groups in total. The average molecular weight is 271 g/mol. The standard InChI is InChI=1S/C12H21N3O4/c1-2-9-4-3-5-15(8-9)12(19)14-6-10(16)13-7-11(17)18/h9H,2-8H2,1H3,(H,13,16)(H,14,19)(H,17,18). The molecule has 0 radical (unpaired) electrons. The van der Waals surface area contributed by atoms with Crippen LogP contribution >= 0.6 is 0 Å². The van der Waals surface area contributed by atoms with Crippen LogP contribution in [0.1, 0.15) is 26.2 Å². The summed E-state index contributed by atoms with van der Waals surface area (Å²) >= 11 is 0. The van der Waals surface area contributed by atoms with Crippen molar-refractivity contribution in [2.24, 2.45) is 5.92 Å². The Bertz CT molecular complexity index is 346. The molecule has 1 aliphatic heterocycles. The van der Waals surface area contributed by atoms with Gasteiger partial charge in [0.2, 0.25) is 5.91 Å². The molecule has 19 heavy (non-hydrogen) atoms. The van der Waals surface area contributed by atoms with Gasteiger partial charge in [-0.1, -0.05) is 13.3 Å². The number of hydrogen-bond acceptors (Lipinski definition) is 3. The van der Waals surface area contributed by atoms with E-state index in [4.69, 9.17) is 5.11 Å². The van der Waals surface area contributed by atoms with Gasteiger partial charge in [-0.3, -0.25) is 9.59 Å². The maximum absolute atomic E-state index is 11.8. The molecule has 0 bridgehead atoms. The summed E-state index contributed by atoms with van der Waals surface area (Å²) in [4.78, 5) is 35.0. The maximum atomic E-state index is 11.8. The molecule has 0 aromatic heterocycles. The Labute approximate surface area is 112 Å². The highest BCUT2D eigenvalue weighted by Gasteiger charge is 2.22. The van der Waals surface area contributed by atoms with Crippen LogP contribution in [0.25, 0.3) is 0 Å². The van der Waals surface area contributed by atoms with E-state index in [-0.39, 0.29) is 12.6 Å². The lowest BCUT2D eigenvalue weighted by atomic mass is 9.96. The molecule has 1 saturated heterocycles. The lowest BCUT2D eigenvalue weighted by Crippen LogP contribution is -2.48. The van der Waals surface area contributed by atoms with E-state index in [1.54, 1.807) is 4.90 Å². The third kappa shape index (κ3) is 5.58. The monoisotopic (exact) mass is 271 g/mol. The lowest BCUT2D eigenvalue weighted by Gasteiger charge is -2.32. The first-order chi connectivity index (χ1) is 9.02. The quantitative estimate of drug-likeness (QED) is 0.656. The van der Waals surface area contributed by atoms with Crippen molar-refractivity contribution in [3.8, 4) is 0 Å². The predicted octanol–water partition coefficient (Wildman–Crippen LogP) is 0.0188. The fraction of sp³-hybridized carbons (Fsp3) is 0.750. The topological polar surface area (TPSA) is 98.7 Å². The summed E-state index contributed by atoms with van der Waals surface area (Å²) in [7, 11) is 0. The van der Waals surface area contributed by atoms with E-state index in [1.807, 2.05) is 0 Å². The summed E-state index contributed by atoms with van der Waals surface area (Å²) in [5.41, 5.74) is 0. The summed E-state index contributed by atoms with van der Waals surface area (Å²) in [6, 6.07) is -0.261. The van der Waals surface area contributed by atoms with Crippen molar-refractivity contribution in [3.63, 3.8) is 0 Å². The van der Waals surface area contributed by atoms with Gasteiger partial charge >= 0.3 is 12.0 Å². The Balaban J connectivity index is 2.26. The zero-order chi connectivity index (χ0) is 14.3. The van der Waals surface area contributed by atoms with E-state index >= 15 is 0 Å². The highest BCUT2D eigenvalue weighted by Crippen LogP contribution is 2.18. The molecular formula is C12H21N3O4. The fourth-order valence-corrected chi connectivity index (χ4v) is 2.09. The molecule has 0 saturated carbocycles. The Morgan fingerprint density at radius 1 is 1.26 bits per heavy atom. The predicted molar refractivity (Wildman–Crippen MR) is 68.6 cm³/mol. The maximum Gasteiger partial charge on any atom is 0.322 e. The van der Waals surface area contributed by atoms with Gasteiger partial charge in [-0.25, -0.2) is 4.79 Å². The first-order valence-corrected chi connectivity index (χ1v) is 6.54. The van der Waals surface area contributed by atoms with E-state index in [1.165, 1.54) is 0 Å². The molecule has 0 aliphatic carbocycles. The number of urea groups is 1. The molecule has 1 aliphatic rings. The number of rotatable bonds is 5. The molecule has 0 aromatic carbocycles. The number of carboxylic acid groups (broad SMARTS) is 1. The van der Waals surface area contributed by atoms with Crippen molar-refractivity contribution in [1.29, 1.82) is 0 Å². The third-order valence-corrected chi connectivity index (χ3v) is 3.22. The summed E-state index contributed by atoms with van der Waals surface area (Å²) in [5, 5.41) is 13.1. The van der Waals surface area contributed by atoms with Gasteiger partial charge in [0.1, 0.15) is 6.54 Å². The Hall–Kier alpha value is -1.79. The van der Waals surface area contributed by atoms with Crippen LogP contribution in [-0.4, -0.2) is 54.1 Å². The molecule has 0 spiro atoms. The van der Waals surface area contributed by atoms with E-state index in [9.17, 15) is 14.4 Å². The second kappa shape index (κ2) is 7.60. The molecule has 108 valence electrons. The van der Waals surface area contributed by atoms with Crippen molar-refractivity contribution in [3.05, 3.63) is 0 Å². The van der Waals surface area contributed by atoms with E-state index in [0.717, 1.165) is 25.8 Å². The number of carbonyl (C=O) groups is 3. The fourth-order valence-electron chi connectivity index (χ4n) is 2.09. The number of nitrogens with one attached hydrogen (secondary N) is 2. The van der Waals surface area contributed by atoms with Crippen LogP contribution in [-0.2, 0) is 9.59 Å². The molecule has 1 heterocycles. The van der Waals surface area contributed by atoms with Crippen molar-refractivity contribution in [2.45, 2.75) is 26.2 Å². The van der Waals surface area contributed by atoms with E-state index in [2.05, 4.69) is 17.6 Å². The van der Waals surface area contributed by atoms with Crippen molar-refractivity contribution >= 4 is 17.9 Å². The number of likely N-dealkylation sites (tertiary alicyclic amines) is 1. The SMILES string of the molecule is CCC1CCCN(C(=O)NCC(=O)NCC(=O)O)C1. The van der Waals surface area contributed by atoms with Crippen LogP contribution in [0.3, 0.4) is 0 Å². The molecular weight excluding hydrogens is 250 g/mol. The minimum atomic E-state index is -1.11. The second-order valence-electron chi connectivity index (χ2n) is 4.69. The molecule has 0 aromatic rings. The summed E-state index contributed by atoms with van der Waals surface area (Å²) < 4.78 is 0. The van der Waals surface area contributed by atoms with E-state index in [0.29, 0.717) is 12.5 Å². The largest absolute Gasteiger partial charge is 0.480 e. The second-order valence-corrected chi connectivity index (χ2v) is 4.69. The molecule has 7 nitrogen and oxygen atoms in total. The molecule has 7 heteroatoms. The van der Waals surface area contributed by atoms with Crippen LogP contribution in [0, 0.1) is 5.92 Å². The number of hydrogen-bond donors (Lipinski definition) is 3. The number of carbonyl (C=O) groups excluding carboxylic acids is 2. The number of nitrogens with zero attached hydrogens (tertiary/aromatic N) is 1. The first-order valence-electron chi connectivity index (χ1n) is 6.54. The van der Waals surface area contributed by atoms with Gasteiger partial charge in [-0.2, -0.15) is 0 Å². The first kappa shape index (κ1) is 15.3. The minimum Gasteiger partial charge on any atom is -0.480 e. The van der Waals surface area contributed by atoms with Crippen LogP contribution < -0.4 is 10.6 Å². The van der Waals surface area contributed by atoms with Crippen LogP contribution in [0.15, 0.2) is 0 Å². The van der Waals surface area contributed by atoms with Gasteiger partial charge < -0.3 is 20.6 Å². The zero-order valence-electron chi connectivity index (χ0n) is 11.1. The van der Waals surface area contributed by atoms with Gasteiger partial charge in [-0.15, -0.1) is 0 Å². The number of carboxylic acids is 1. The van der Waals surface area contributed by atoms with Gasteiger partial charge in [-0.05, 0) is 18.8 Å². The molecule has 1 rings (SSSR count). The summed E-state index contributed by atoms with van der Waals surface area (Å²) in [6.07, 6.45) is 3.17. The van der Waals surface area contributed by atoms with Crippen LogP contribution in [0.4, 0.5) is 4.79 Å². The Morgan fingerprint density at radius 2 is 2.00 bits per heavy atom. The van der Waals surface area contributed by atoms with Gasteiger partial charge in [0, 0.05) is 13.1 Å². The smallest absolute Gasteiger partial charge is 0.322 e. The van der Waals surface area contributed by atoms with E-state index < -0.39 is 18.4 Å². The number of aliphatic carboxylic acids is 1. The van der Waals surface area contributed by atoms with Crippen LogP contribution in [0.2, 0.25) is 0 Å². The Morgan fingerprint density at radius 3 is 2.63 bits per heavy atom. The zero-order valence-corrected chi connectivity index (χ0v) is 11.1. The minimum absolute atomic E-state index is 0.195. The highest BCUT2D eigenvalue weighted by molar-refractivity contribution is 5.86. The molecule has 1 atom stereocenters. The third-order valence-electron chi connectivity index (χ3n) is 3.22. The molecule has 1 unspecified atom stereocenters. The number of piperidine rings is 1. The normalized spacial score (nSPS) is 18.8. The average Bonchev–Trinajstić information content (AvgIpc) is 2.42. The number of amides is 3. The van der Waals surface area contributed by atoms with Crippen molar-refractivity contribution in [2.75, 3.05) is 26.2 Å².